The number of hydrogen-bond donors (Lipinski definition) is 0. The lowest BCUT2D eigenvalue weighted by Crippen LogP contribution is -2.44. The Morgan fingerprint density at radius 1 is 0.952 bits per heavy atom. The minimum Gasteiger partial charge on any atom is -0.353 e. The van der Waals surface area contributed by atoms with Gasteiger partial charge in [-0.25, -0.2) is 4.98 Å². The molecule has 0 spiro atoms. The number of aromatic nitrogens is 1. The molecule has 0 aliphatic carbocycles. The van der Waals surface area contributed by atoms with Gasteiger partial charge in [-0.15, -0.1) is 0 Å². The summed E-state index contributed by atoms with van der Waals surface area (Å²) >= 11 is 0. The summed E-state index contributed by atoms with van der Waals surface area (Å²) in [5, 5.41) is 6.89. The van der Waals surface area contributed by atoms with Crippen molar-refractivity contribution in [3.63, 3.8) is 0 Å². The fraction of sp³-hybridized carbons (Fsp3) is 0.294. The molecule has 21 heavy (non-hydrogen) atoms. The highest BCUT2D eigenvalue weighted by Gasteiger charge is 2.16. The van der Waals surface area contributed by atoms with Crippen molar-refractivity contribution in [1.29, 1.82) is 0 Å². The summed E-state index contributed by atoms with van der Waals surface area (Å²) in [5.74, 6) is 1.06. The Hall–Kier alpha value is -2.36. The standard InChI is InChI=1S/C17H20N4/c1-15(16-7-3-2-4-8-16)19-21-13-11-20(12-14-21)17-9-5-6-10-18-17/h2-10H,11-14H2,1H3. The lowest BCUT2D eigenvalue weighted by Gasteiger charge is -2.34. The van der Waals surface area contributed by atoms with E-state index in [1.165, 1.54) is 5.56 Å². The van der Waals surface area contributed by atoms with Crippen molar-refractivity contribution in [2.24, 2.45) is 5.10 Å². The molecule has 3 rings (SSSR count). The second-order valence-electron chi connectivity index (χ2n) is 5.18. The Kier molecular flexibility index (Phi) is 4.15. The fourth-order valence-corrected chi connectivity index (χ4v) is 2.52. The minimum absolute atomic E-state index is 0.931. The molecular weight excluding hydrogens is 260 g/mol. The van der Waals surface area contributed by atoms with E-state index in [9.17, 15) is 0 Å². The maximum absolute atomic E-state index is 4.74. The van der Waals surface area contributed by atoms with Crippen molar-refractivity contribution in [3.05, 3.63) is 60.3 Å². The number of anilines is 1. The summed E-state index contributed by atoms with van der Waals surface area (Å²) in [6.07, 6.45) is 1.85. The van der Waals surface area contributed by atoms with Gasteiger partial charge in [-0.05, 0) is 24.6 Å². The Morgan fingerprint density at radius 3 is 2.33 bits per heavy atom. The molecule has 1 aliphatic rings. The average Bonchev–Trinajstić information content (AvgIpc) is 2.57. The lowest BCUT2D eigenvalue weighted by atomic mass is 10.1. The summed E-state index contributed by atoms with van der Waals surface area (Å²) in [6.45, 7) is 5.85. The highest BCUT2D eigenvalue weighted by Crippen LogP contribution is 2.13. The first-order chi connectivity index (χ1) is 10.3. The maximum Gasteiger partial charge on any atom is 0.128 e. The Bertz CT molecular complexity index is 587. The maximum atomic E-state index is 4.74. The van der Waals surface area contributed by atoms with Gasteiger partial charge in [-0.1, -0.05) is 36.4 Å². The molecule has 2 aromatic rings. The highest BCUT2D eigenvalue weighted by atomic mass is 15.5. The van der Waals surface area contributed by atoms with E-state index in [2.05, 4.69) is 40.0 Å². The van der Waals surface area contributed by atoms with E-state index in [0.29, 0.717) is 0 Å². The molecule has 1 saturated heterocycles. The molecule has 4 nitrogen and oxygen atoms in total. The Labute approximate surface area is 125 Å². The van der Waals surface area contributed by atoms with Gasteiger partial charge in [0.1, 0.15) is 5.82 Å². The number of benzene rings is 1. The molecule has 0 radical (unpaired) electrons. The van der Waals surface area contributed by atoms with Crippen LogP contribution in [0.4, 0.5) is 5.82 Å². The number of pyridine rings is 1. The second kappa shape index (κ2) is 6.39. The fourth-order valence-electron chi connectivity index (χ4n) is 2.52. The molecule has 1 fully saturated rings. The van der Waals surface area contributed by atoms with Gasteiger partial charge in [0.15, 0.2) is 0 Å². The van der Waals surface area contributed by atoms with Crippen LogP contribution in [0.3, 0.4) is 0 Å². The van der Waals surface area contributed by atoms with Crippen LogP contribution >= 0.6 is 0 Å². The molecule has 108 valence electrons. The topological polar surface area (TPSA) is 31.7 Å². The Morgan fingerprint density at radius 2 is 1.67 bits per heavy atom. The highest BCUT2D eigenvalue weighted by molar-refractivity contribution is 5.98. The number of nitrogens with zero attached hydrogens (tertiary/aromatic N) is 4. The summed E-state index contributed by atoms with van der Waals surface area (Å²) in [4.78, 5) is 6.72. The number of hydrazone groups is 1. The lowest BCUT2D eigenvalue weighted by molar-refractivity contribution is 0.270. The third-order valence-electron chi connectivity index (χ3n) is 3.71. The molecule has 0 bridgehead atoms. The summed E-state index contributed by atoms with van der Waals surface area (Å²) in [6, 6.07) is 16.4. The van der Waals surface area contributed by atoms with Crippen LogP contribution in [0.15, 0.2) is 59.8 Å². The minimum atomic E-state index is 0.931. The van der Waals surface area contributed by atoms with Gasteiger partial charge in [0.05, 0.1) is 18.8 Å². The number of hydrogen-bond acceptors (Lipinski definition) is 4. The van der Waals surface area contributed by atoms with Gasteiger partial charge in [0, 0.05) is 19.3 Å². The first kappa shape index (κ1) is 13.6. The molecule has 2 heterocycles. The quantitative estimate of drug-likeness (QED) is 0.810. The van der Waals surface area contributed by atoms with Crippen LogP contribution < -0.4 is 4.90 Å². The third-order valence-corrected chi connectivity index (χ3v) is 3.71. The molecule has 4 heteroatoms. The predicted molar refractivity (Wildman–Crippen MR) is 86.7 cm³/mol. The van der Waals surface area contributed by atoms with E-state index in [1.54, 1.807) is 0 Å². The van der Waals surface area contributed by atoms with Crippen LogP contribution in [0.5, 0.6) is 0 Å². The first-order valence-corrected chi connectivity index (χ1v) is 7.34. The summed E-state index contributed by atoms with van der Waals surface area (Å²) in [7, 11) is 0. The normalized spacial score (nSPS) is 16.1. The van der Waals surface area contributed by atoms with Crippen molar-refractivity contribution in [2.75, 3.05) is 31.1 Å². The zero-order valence-corrected chi connectivity index (χ0v) is 12.3. The predicted octanol–water partition coefficient (Wildman–Crippen LogP) is 2.63. The molecular formula is C17H20N4. The molecule has 0 unspecified atom stereocenters. The van der Waals surface area contributed by atoms with Gasteiger partial charge in [-0.3, -0.25) is 5.01 Å². The van der Waals surface area contributed by atoms with Crippen LogP contribution in [-0.4, -0.2) is 41.9 Å². The van der Waals surface area contributed by atoms with Crippen molar-refractivity contribution in [1.82, 2.24) is 9.99 Å². The third kappa shape index (κ3) is 3.40. The zero-order valence-electron chi connectivity index (χ0n) is 12.3. The molecule has 0 saturated carbocycles. The smallest absolute Gasteiger partial charge is 0.128 e. The van der Waals surface area contributed by atoms with Crippen LogP contribution in [0, 0.1) is 0 Å². The second-order valence-corrected chi connectivity index (χ2v) is 5.18. The van der Waals surface area contributed by atoms with Gasteiger partial charge in [-0.2, -0.15) is 5.10 Å². The van der Waals surface area contributed by atoms with Crippen molar-refractivity contribution < 1.29 is 0 Å². The van der Waals surface area contributed by atoms with Gasteiger partial charge in [0.25, 0.3) is 0 Å². The monoisotopic (exact) mass is 280 g/mol. The van der Waals surface area contributed by atoms with Crippen LogP contribution in [0.2, 0.25) is 0 Å². The molecule has 0 atom stereocenters. The summed E-state index contributed by atoms with van der Waals surface area (Å²) < 4.78 is 0. The molecule has 1 aromatic carbocycles. The van der Waals surface area contributed by atoms with E-state index in [-0.39, 0.29) is 0 Å². The van der Waals surface area contributed by atoms with Gasteiger partial charge >= 0.3 is 0 Å². The van der Waals surface area contributed by atoms with E-state index in [4.69, 9.17) is 5.10 Å². The average molecular weight is 280 g/mol. The van der Waals surface area contributed by atoms with Gasteiger partial charge < -0.3 is 4.90 Å². The molecule has 1 aliphatic heterocycles. The van der Waals surface area contributed by atoms with Crippen LogP contribution in [-0.2, 0) is 0 Å². The summed E-state index contributed by atoms with van der Waals surface area (Å²) in [5.41, 5.74) is 2.26. The molecule has 1 aromatic heterocycles. The van der Waals surface area contributed by atoms with E-state index in [0.717, 1.165) is 37.7 Å². The van der Waals surface area contributed by atoms with E-state index >= 15 is 0 Å². The van der Waals surface area contributed by atoms with Crippen molar-refractivity contribution >= 4 is 11.5 Å². The van der Waals surface area contributed by atoms with Crippen LogP contribution in [0.25, 0.3) is 0 Å². The molecule has 0 amide bonds. The SMILES string of the molecule is CC(=NN1CCN(c2ccccn2)CC1)c1ccccc1. The van der Waals surface area contributed by atoms with Crippen LogP contribution in [0.1, 0.15) is 12.5 Å². The van der Waals surface area contributed by atoms with Crippen molar-refractivity contribution in [3.8, 4) is 0 Å². The first-order valence-electron chi connectivity index (χ1n) is 7.34. The largest absolute Gasteiger partial charge is 0.353 e. The number of piperazine rings is 1. The van der Waals surface area contributed by atoms with E-state index < -0.39 is 0 Å². The zero-order chi connectivity index (χ0) is 14.5. The molecule has 0 N–H and O–H groups in total. The van der Waals surface area contributed by atoms with Gasteiger partial charge in [0.2, 0.25) is 0 Å². The van der Waals surface area contributed by atoms with Crippen molar-refractivity contribution in [2.45, 2.75) is 6.92 Å². The Balaban J connectivity index is 1.61. The van der Waals surface area contributed by atoms with E-state index in [1.807, 2.05) is 36.5 Å². The number of rotatable bonds is 3.